The Bertz CT molecular complexity index is 1120. The lowest BCUT2D eigenvalue weighted by atomic mass is 9.92. The molecule has 1 aliphatic rings. The van der Waals surface area contributed by atoms with Crippen molar-refractivity contribution >= 4 is 17.9 Å². The number of ether oxygens (including phenoxy) is 1. The van der Waals surface area contributed by atoms with Crippen molar-refractivity contribution in [2.24, 2.45) is 5.92 Å². The maximum absolute atomic E-state index is 12.8. The summed E-state index contributed by atoms with van der Waals surface area (Å²) in [7, 11) is 0. The molecule has 15 heteroatoms. The quantitative estimate of drug-likeness (QED) is 0.485. The normalized spacial score (nSPS) is 18.7. The van der Waals surface area contributed by atoms with Crippen LogP contribution in [0.2, 0.25) is 0 Å². The standard InChI is InChI=1S/C23H26F5N5O5/c1-12-7-8-33(22(36)37-11-17(24)25)16(9-12)20(35)30-13(2)19(34)29-10-14-3-5-15(6-4-14)18-31-21(38-32-18)23(26,27)28/h3-6,12-13,16-17H,7-11H2,1-2H3,(H,29,34)(H,30,35)/t12-,13-,16+/m0/s1. The van der Waals surface area contributed by atoms with Crippen LogP contribution in [0.15, 0.2) is 28.8 Å². The zero-order valence-electron chi connectivity index (χ0n) is 20.4. The van der Waals surface area contributed by atoms with Gasteiger partial charge < -0.3 is 19.9 Å². The molecule has 2 heterocycles. The third-order valence-electron chi connectivity index (χ3n) is 5.83. The van der Waals surface area contributed by atoms with Crippen molar-refractivity contribution < 1.29 is 45.6 Å². The predicted octanol–water partition coefficient (Wildman–Crippen LogP) is 3.38. The number of hydrogen-bond donors (Lipinski definition) is 2. The summed E-state index contributed by atoms with van der Waals surface area (Å²) < 4.78 is 71.5. The maximum atomic E-state index is 12.8. The Morgan fingerprint density at radius 1 is 1.21 bits per heavy atom. The minimum Gasteiger partial charge on any atom is -0.443 e. The van der Waals surface area contributed by atoms with Gasteiger partial charge in [-0.1, -0.05) is 36.3 Å². The van der Waals surface area contributed by atoms with Gasteiger partial charge in [0.1, 0.15) is 12.1 Å². The number of rotatable bonds is 8. The molecule has 0 aliphatic carbocycles. The summed E-state index contributed by atoms with van der Waals surface area (Å²) in [4.78, 5) is 42.0. The molecule has 2 aromatic rings. The molecule has 3 amide bonds. The largest absolute Gasteiger partial charge is 0.471 e. The number of likely N-dealkylation sites (tertiary alicyclic amines) is 1. The fraction of sp³-hybridized carbons (Fsp3) is 0.522. The van der Waals surface area contributed by atoms with E-state index in [2.05, 4.69) is 30.0 Å². The van der Waals surface area contributed by atoms with Gasteiger partial charge in [0.25, 0.3) is 6.43 Å². The molecule has 2 N–H and O–H groups in total. The highest BCUT2D eigenvalue weighted by Crippen LogP contribution is 2.29. The first-order chi connectivity index (χ1) is 17.8. The number of hydrogen-bond acceptors (Lipinski definition) is 7. The Morgan fingerprint density at radius 2 is 1.89 bits per heavy atom. The zero-order chi connectivity index (χ0) is 28.0. The number of carbonyl (C=O) groups is 3. The van der Waals surface area contributed by atoms with Crippen molar-refractivity contribution in [3.8, 4) is 11.4 Å². The summed E-state index contributed by atoms with van der Waals surface area (Å²) in [5, 5.41) is 8.46. The number of amides is 3. The molecule has 208 valence electrons. The van der Waals surface area contributed by atoms with Gasteiger partial charge in [0.2, 0.25) is 17.6 Å². The molecule has 0 spiro atoms. The molecule has 1 aromatic carbocycles. The number of carbonyl (C=O) groups excluding carboxylic acids is 3. The van der Waals surface area contributed by atoms with Crippen LogP contribution in [-0.2, 0) is 27.0 Å². The molecule has 0 saturated carbocycles. The minimum atomic E-state index is -4.76. The van der Waals surface area contributed by atoms with E-state index in [0.29, 0.717) is 12.0 Å². The van der Waals surface area contributed by atoms with Crippen LogP contribution in [0.25, 0.3) is 11.4 Å². The van der Waals surface area contributed by atoms with Crippen LogP contribution < -0.4 is 10.6 Å². The average Bonchev–Trinajstić information content (AvgIpc) is 3.37. The highest BCUT2D eigenvalue weighted by Gasteiger charge is 2.39. The highest BCUT2D eigenvalue weighted by atomic mass is 19.4. The molecular weight excluding hydrogens is 521 g/mol. The lowest BCUT2D eigenvalue weighted by molar-refractivity contribution is -0.159. The Balaban J connectivity index is 1.53. The van der Waals surface area contributed by atoms with Gasteiger partial charge in [0, 0.05) is 18.7 Å². The van der Waals surface area contributed by atoms with Crippen LogP contribution in [-0.4, -0.2) is 64.6 Å². The molecule has 1 saturated heterocycles. The van der Waals surface area contributed by atoms with Crippen molar-refractivity contribution in [3.05, 3.63) is 35.7 Å². The van der Waals surface area contributed by atoms with Crippen molar-refractivity contribution in [3.63, 3.8) is 0 Å². The number of nitrogens with one attached hydrogen (secondary N) is 2. The molecule has 0 bridgehead atoms. The Hall–Kier alpha value is -3.78. The minimum absolute atomic E-state index is 0.0475. The van der Waals surface area contributed by atoms with E-state index in [9.17, 15) is 36.3 Å². The van der Waals surface area contributed by atoms with Gasteiger partial charge in [-0.15, -0.1) is 0 Å². The smallest absolute Gasteiger partial charge is 0.443 e. The van der Waals surface area contributed by atoms with E-state index < -0.39 is 55.1 Å². The van der Waals surface area contributed by atoms with Crippen molar-refractivity contribution in [2.45, 2.75) is 57.9 Å². The van der Waals surface area contributed by atoms with Crippen LogP contribution in [0.3, 0.4) is 0 Å². The molecule has 10 nitrogen and oxygen atoms in total. The lowest BCUT2D eigenvalue weighted by Gasteiger charge is -2.37. The van der Waals surface area contributed by atoms with Crippen molar-refractivity contribution in [1.82, 2.24) is 25.7 Å². The topological polar surface area (TPSA) is 127 Å². The predicted molar refractivity (Wildman–Crippen MR) is 120 cm³/mol. The first-order valence-corrected chi connectivity index (χ1v) is 11.6. The van der Waals surface area contributed by atoms with Gasteiger partial charge >= 0.3 is 18.2 Å². The lowest BCUT2D eigenvalue weighted by Crippen LogP contribution is -2.56. The van der Waals surface area contributed by atoms with E-state index in [1.807, 2.05) is 6.92 Å². The molecule has 3 atom stereocenters. The van der Waals surface area contributed by atoms with Crippen LogP contribution in [0.1, 0.15) is 38.1 Å². The van der Waals surface area contributed by atoms with E-state index in [-0.39, 0.29) is 36.8 Å². The monoisotopic (exact) mass is 547 g/mol. The number of halogens is 5. The molecule has 1 fully saturated rings. The molecule has 38 heavy (non-hydrogen) atoms. The summed E-state index contributed by atoms with van der Waals surface area (Å²) in [6.07, 6.45) is -7.77. The first-order valence-electron chi connectivity index (χ1n) is 11.6. The molecular formula is C23H26F5N5O5. The third-order valence-corrected chi connectivity index (χ3v) is 5.83. The van der Waals surface area contributed by atoms with Crippen LogP contribution >= 0.6 is 0 Å². The van der Waals surface area contributed by atoms with Crippen LogP contribution in [0.4, 0.5) is 26.7 Å². The van der Waals surface area contributed by atoms with Crippen LogP contribution in [0.5, 0.6) is 0 Å². The fourth-order valence-corrected chi connectivity index (χ4v) is 3.77. The maximum Gasteiger partial charge on any atom is 0.471 e. The van der Waals surface area contributed by atoms with E-state index in [1.165, 1.54) is 19.1 Å². The van der Waals surface area contributed by atoms with Gasteiger partial charge in [-0.05, 0) is 31.2 Å². The number of benzene rings is 1. The number of aromatic nitrogens is 2. The number of alkyl halides is 5. The third kappa shape index (κ3) is 7.61. The molecule has 3 rings (SSSR count). The number of nitrogens with zero attached hydrogens (tertiary/aromatic N) is 3. The van der Waals surface area contributed by atoms with Crippen LogP contribution in [0, 0.1) is 5.92 Å². The van der Waals surface area contributed by atoms with Gasteiger partial charge in [-0.25, -0.2) is 13.6 Å². The molecule has 0 unspecified atom stereocenters. The van der Waals surface area contributed by atoms with E-state index >= 15 is 0 Å². The summed E-state index contributed by atoms with van der Waals surface area (Å²) >= 11 is 0. The van der Waals surface area contributed by atoms with Gasteiger partial charge in [0.05, 0.1) is 0 Å². The van der Waals surface area contributed by atoms with Gasteiger partial charge in [0.15, 0.2) is 6.61 Å². The summed E-state index contributed by atoms with van der Waals surface area (Å²) in [5.41, 5.74) is 0.882. The zero-order valence-corrected chi connectivity index (χ0v) is 20.4. The van der Waals surface area contributed by atoms with E-state index in [0.717, 1.165) is 4.90 Å². The molecule has 0 radical (unpaired) electrons. The van der Waals surface area contributed by atoms with E-state index in [4.69, 9.17) is 0 Å². The van der Waals surface area contributed by atoms with Gasteiger partial charge in [-0.3, -0.25) is 14.5 Å². The van der Waals surface area contributed by atoms with Crippen molar-refractivity contribution in [1.29, 1.82) is 0 Å². The van der Waals surface area contributed by atoms with E-state index in [1.54, 1.807) is 12.1 Å². The summed E-state index contributed by atoms with van der Waals surface area (Å²) in [6.45, 7) is 2.45. The number of piperidine rings is 1. The summed E-state index contributed by atoms with van der Waals surface area (Å²) in [5.74, 6) is -2.77. The SMILES string of the molecule is C[C@H]1CCN(C(=O)OCC(F)F)[C@@H](C(=O)N[C@@H](C)C(=O)NCc2ccc(-c3noc(C(F)(F)F)n3)cc2)C1. The highest BCUT2D eigenvalue weighted by molar-refractivity contribution is 5.91. The second-order valence-corrected chi connectivity index (χ2v) is 8.87. The Morgan fingerprint density at radius 3 is 2.50 bits per heavy atom. The fourth-order valence-electron chi connectivity index (χ4n) is 3.77. The second kappa shape index (κ2) is 12.2. The first kappa shape index (κ1) is 28.8. The Labute approximate surface area is 213 Å². The molecule has 1 aliphatic heterocycles. The van der Waals surface area contributed by atoms with Crippen molar-refractivity contribution in [2.75, 3.05) is 13.2 Å². The average molecular weight is 547 g/mol. The summed E-state index contributed by atoms with van der Waals surface area (Å²) in [6, 6.07) is 4.06. The van der Waals surface area contributed by atoms with Gasteiger partial charge in [-0.2, -0.15) is 18.2 Å². The molecule has 1 aromatic heterocycles. The second-order valence-electron chi connectivity index (χ2n) is 8.87. The Kier molecular flexibility index (Phi) is 9.22.